The molecule has 1 aliphatic heterocycles. The van der Waals surface area contributed by atoms with E-state index in [1.165, 1.54) is 18.6 Å². The quantitative estimate of drug-likeness (QED) is 0.697. The number of hydrogen-bond donors (Lipinski definition) is 2. The summed E-state index contributed by atoms with van der Waals surface area (Å²) in [5, 5.41) is 6.98. The van der Waals surface area contributed by atoms with E-state index in [0.717, 1.165) is 19.6 Å². The summed E-state index contributed by atoms with van der Waals surface area (Å²) >= 11 is 1.98. The first kappa shape index (κ1) is 11.3. The smallest absolute Gasteiger partial charge is 0.105 e. The Kier molecular flexibility index (Phi) is 5.78. The summed E-state index contributed by atoms with van der Waals surface area (Å²) in [6.07, 6.45) is 2.61. The molecule has 1 aliphatic rings. The van der Waals surface area contributed by atoms with Gasteiger partial charge in [-0.05, 0) is 40.0 Å². The van der Waals surface area contributed by atoms with Gasteiger partial charge >= 0.3 is 0 Å². The fourth-order valence-electron chi connectivity index (χ4n) is 1.26. The maximum absolute atomic E-state index is 3.49. The van der Waals surface area contributed by atoms with E-state index in [9.17, 15) is 0 Å². The Morgan fingerprint density at radius 1 is 1.23 bits per heavy atom. The molecule has 4 heteroatoms. The Bertz CT molecular complexity index is 122. The second-order valence-electron chi connectivity index (χ2n) is 3.67. The summed E-state index contributed by atoms with van der Waals surface area (Å²) in [4.78, 5) is 2.23. The number of thioether (sulfide) groups is 1. The van der Waals surface area contributed by atoms with Gasteiger partial charge < -0.3 is 4.90 Å². The molecule has 0 spiro atoms. The summed E-state index contributed by atoms with van der Waals surface area (Å²) in [7, 11) is 4.24. The van der Waals surface area contributed by atoms with Gasteiger partial charge in [0.1, 0.15) is 5.50 Å². The molecule has 78 valence electrons. The van der Waals surface area contributed by atoms with Crippen molar-refractivity contribution in [1.29, 1.82) is 0 Å². The number of nitrogens with one attached hydrogen (secondary N) is 2. The molecule has 0 aliphatic carbocycles. The van der Waals surface area contributed by atoms with Gasteiger partial charge in [-0.1, -0.05) is 0 Å². The van der Waals surface area contributed by atoms with Crippen LogP contribution in [0.3, 0.4) is 0 Å². The fourth-order valence-corrected chi connectivity index (χ4v) is 2.44. The van der Waals surface area contributed by atoms with E-state index in [2.05, 4.69) is 29.6 Å². The van der Waals surface area contributed by atoms with Crippen molar-refractivity contribution in [3.63, 3.8) is 0 Å². The maximum Gasteiger partial charge on any atom is 0.105 e. The predicted molar refractivity (Wildman–Crippen MR) is 60.0 cm³/mol. The summed E-state index contributed by atoms with van der Waals surface area (Å²) in [5.74, 6) is 1.19. The van der Waals surface area contributed by atoms with Crippen LogP contribution >= 0.6 is 11.8 Å². The lowest BCUT2D eigenvalue weighted by molar-refractivity contribution is 0.436. The second kappa shape index (κ2) is 6.65. The van der Waals surface area contributed by atoms with Gasteiger partial charge in [0.15, 0.2) is 0 Å². The molecule has 1 fully saturated rings. The molecule has 0 saturated carbocycles. The van der Waals surface area contributed by atoms with Crippen molar-refractivity contribution in [1.82, 2.24) is 15.5 Å². The van der Waals surface area contributed by atoms with Gasteiger partial charge in [-0.15, -0.1) is 11.8 Å². The Balaban J connectivity index is 2.05. The minimum absolute atomic E-state index is 0.474. The maximum atomic E-state index is 3.49. The van der Waals surface area contributed by atoms with Crippen LogP contribution in [0.2, 0.25) is 0 Å². The van der Waals surface area contributed by atoms with E-state index >= 15 is 0 Å². The van der Waals surface area contributed by atoms with Crippen molar-refractivity contribution in [2.75, 3.05) is 39.5 Å². The van der Waals surface area contributed by atoms with Gasteiger partial charge in [0.25, 0.3) is 0 Å². The van der Waals surface area contributed by atoms with Crippen molar-refractivity contribution in [2.45, 2.75) is 18.3 Å². The van der Waals surface area contributed by atoms with Crippen LogP contribution in [0, 0.1) is 0 Å². The van der Waals surface area contributed by atoms with Gasteiger partial charge in [-0.3, -0.25) is 10.6 Å². The zero-order valence-corrected chi connectivity index (χ0v) is 9.49. The van der Waals surface area contributed by atoms with Crippen LogP contribution < -0.4 is 10.6 Å². The van der Waals surface area contributed by atoms with E-state index in [1.807, 2.05) is 11.8 Å². The largest absolute Gasteiger partial charge is 0.309 e. The van der Waals surface area contributed by atoms with Crippen LogP contribution in [0.1, 0.15) is 12.8 Å². The normalized spacial score (nSPS) is 20.5. The number of hydrogen-bond acceptors (Lipinski definition) is 4. The molecule has 0 aromatic heterocycles. The van der Waals surface area contributed by atoms with Gasteiger partial charge in [0.05, 0.1) is 0 Å². The highest BCUT2D eigenvalue weighted by molar-refractivity contribution is 7.99. The van der Waals surface area contributed by atoms with Crippen molar-refractivity contribution < 1.29 is 0 Å². The van der Waals surface area contributed by atoms with Crippen molar-refractivity contribution in [3.8, 4) is 0 Å². The first-order valence-corrected chi connectivity index (χ1v) is 6.07. The second-order valence-corrected chi connectivity index (χ2v) is 4.88. The highest BCUT2D eigenvalue weighted by Gasteiger charge is 2.09. The van der Waals surface area contributed by atoms with E-state index in [1.54, 1.807) is 0 Å². The molecule has 3 nitrogen and oxygen atoms in total. The average molecular weight is 203 g/mol. The minimum Gasteiger partial charge on any atom is -0.309 e. The molecule has 0 unspecified atom stereocenters. The SMILES string of the molecule is CN(C)CCSC1NCCCCN1. The molecule has 0 aromatic carbocycles. The van der Waals surface area contributed by atoms with Gasteiger partial charge in [-0.2, -0.15) is 0 Å². The molecule has 13 heavy (non-hydrogen) atoms. The molecule has 1 heterocycles. The van der Waals surface area contributed by atoms with Gasteiger partial charge in [0, 0.05) is 12.3 Å². The molecular formula is C9H21N3S. The lowest BCUT2D eigenvalue weighted by atomic mass is 10.3. The van der Waals surface area contributed by atoms with E-state index in [0.29, 0.717) is 5.50 Å². The summed E-state index contributed by atoms with van der Waals surface area (Å²) in [5.41, 5.74) is 0.474. The molecule has 0 atom stereocenters. The van der Waals surface area contributed by atoms with Crippen LogP contribution in [0.5, 0.6) is 0 Å². The molecule has 0 bridgehead atoms. The van der Waals surface area contributed by atoms with Gasteiger partial charge in [0.2, 0.25) is 0 Å². The van der Waals surface area contributed by atoms with Crippen molar-refractivity contribution in [2.24, 2.45) is 0 Å². The lowest BCUT2D eigenvalue weighted by Gasteiger charge is -2.17. The Morgan fingerprint density at radius 2 is 1.85 bits per heavy atom. The third kappa shape index (κ3) is 5.52. The highest BCUT2D eigenvalue weighted by atomic mass is 32.2. The van der Waals surface area contributed by atoms with Gasteiger partial charge in [-0.25, -0.2) is 0 Å². The molecular weight excluding hydrogens is 182 g/mol. The molecule has 1 saturated heterocycles. The molecule has 1 rings (SSSR count). The fraction of sp³-hybridized carbons (Fsp3) is 1.00. The highest BCUT2D eigenvalue weighted by Crippen LogP contribution is 2.07. The minimum atomic E-state index is 0.474. The molecule has 2 N–H and O–H groups in total. The third-order valence-corrected chi connectivity index (χ3v) is 3.17. The summed E-state index contributed by atoms with van der Waals surface area (Å²) in [6, 6.07) is 0. The standard InChI is InChI=1S/C9H21N3S/c1-12(2)7-8-13-9-10-5-3-4-6-11-9/h9-11H,3-8H2,1-2H3. The predicted octanol–water partition coefficient (Wildman–Crippen LogP) is 0.538. The summed E-state index contributed by atoms with van der Waals surface area (Å²) in [6.45, 7) is 3.48. The van der Waals surface area contributed by atoms with Crippen LogP contribution in [0.15, 0.2) is 0 Å². The zero-order chi connectivity index (χ0) is 9.52. The van der Waals surface area contributed by atoms with Crippen LogP contribution in [-0.2, 0) is 0 Å². The topological polar surface area (TPSA) is 27.3 Å². The van der Waals surface area contributed by atoms with Crippen LogP contribution in [-0.4, -0.2) is 49.9 Å². The molecule has 0 aromatic rings. The Labute approximate surface area is 85.6 Å². The summed E-state index contributed by atoms with van der Waals surface area (Å²) < 4.78 is 0. The van der Waals surface area contributed by atoms with Crippen molar-refractivity contribution >= 4 is 11.8 Å². The Morgan fingerprint density at radius 3 is 2.38 bits per heavy atom. The first-order valence-electron chi connectivity index (χ1n) is 5.02. The van der Waals surface area contributed by atoms with E-state index in [-0.39, 0.29) is 0 Å². The molecule has 0 radical (unpaired) electrons. The number of nitrogens with zero attached hydrogens (tertiary/aromatic N) is 1. The van der Waals surface area contributed by atoms with E-state index in [4.69, 9.17) is 0 Å². The zero-order valence-electron chi connectivity index (χ0n) is 8.68. The lowest BCUT2D eigenvalue weighted by Crippen LogP contribution is -2.38. The monoisotopic (exact) mass is 203 g/mol. The van der Waals surface area contributed by atoms with E-state index < -0.39 is 0 Å². The Hall–Kier alpha value is 0.230. The average Bonchev–Trinajstić information content (AvgIpc) is 2.32. The van der Waals surface area contributed by atoms with Crippen LogP contribution in [0.25, 0.3) is 0 Å². The van der Waals surface area contributed by atoms with Crippen molar-refractivity contribution in [3.05, 3.63) is 0 Å². The number of rotatable bonds is 4. The third-order valence-electron chi connectivity index (χ3n) is 2.09. The first-order chi connectivity index (χ1) is 6.29. The molecule has 0 amide bonds. The van der Waals surface area contributed by atoms with Crippen LogP contribution in [0.4, 0.5) is 0 Å².